The Balaban J connectivity index is 1.35. The highest BCUT2D eigenvalue weighted by molar-refractivity contribution is 5.86. The van der Waals surface area contributed by atoms with Crippen LogP contribution >= 0.6 is 0 Å². The molecule has 1 aliphatic rings. The Labute approximate surface area is 189 Å². The molecule has 9 heteroatoms. The van der Waals surface area contributed by atoms with Crippen LogP contribution in [0, 0.1) is 0 Å². The zero-order chi connectivity index (χ0) is 22.6. The predicted octanol–water partition coefficient (Wildman–Crippen LogP) is 3.29. The highest BCUT2D eigenvalue weighted by Crippen LogP contribution is 2.27. The lowest BCUT2D eigenvalue weighted by atomic mass is 10.0. The highest BCUT2D eigenvalue weighted by atomic mass is 16.5. The standard InChI is InChI=1S/C24H22N6O3/c31-10-8-27-24(32)33-15-16-1-5-20(6-2-16)28-22-23-26-7-9-30(23)14-21(29-22)17-3-4-18-12-25-13-19(18)11-17/h1-7,9,11-12,14,31H,8,10,13,15H2,(H,27,32)(H,28,29). The van der Waals surface area contributed by atoms with Crippen LogP contribution < -0.4 is 10.6 Å². The second-order valence-corrected chi connectivity index (χ2v) is 7.56. The van der Waals surface area contributed by atoms with Crippen molar-refractivity contribution >= 4 is 29.5 Å². The molecule has 9 nitrogen and oxygen atoms in total. The van der Waals surface area contributed by atoms with Crippen LogP contribution in [0.15, 0.2) is 66.0 Å². The molecule has 0 atom stereocenters. The van der Waals surface area contributed by atoms with Crippen LogP contribution in [0.2, 0.25) is 0 Å². The number of anilines is 2. The summed E-state index contributed by atoms with van der Waals surface area (Å²) in [5.41, 5.74) is 6.58. The summed E-state index contributed by atoms with van der Waals surface area (Å²) in [7, 11) is 0. The number of nitrogens with one attached hydrogen (secondary N) is 2. The maximum Gasteiger partial charge on any atom is 0.407 e. The quantitative estimate of drug-likeness (QED) is 0.405. The molecule has 33 heavy (non-hydrogen) atoms. The van der Waals surface area contributed by atoms with Gasteiger partial charge >= 0.3 is 6.09 Å². The largest absolute Gasteiger partial charge is 0.445 e. The van der Waals surface area contributed by atoms with Crippen molar-refractivity contribution in [1.29, 1.82) is 0 Å². The summed E-state index contributed by atoms with van der Waals surface area (Å²) in [5.74, 6) is 0.640. The number of hydrogen-bond acceptors (Lipinski definition) is 7. The first-order valence-electron chi connectivity index (χ1n) is 10.5. The van der Waals surface area contributed by atoms with Gasteiger partial charge in [-0.05, 0) is 34.9 Å². The summed E-state index contributed by atoms with van der Waals surface area (Å²) >= 11 is 0. The van der Waals surface area contributed by atoms with E-state index in [4.69, 9.17) is 14.8 Å². The van der Waals surface area contributed by atoms with E-state index < -0.39 is 6.09 Å². The maximum absolute atomic E-state index is 11.5. The van der Waals surface area contributed by atoms with Crippen molar-refractivity contribution in [3.05, 3.63) is 77.7 Å². The number of fused-ring (bicyclic) bond motifs is 2. The summed E-state index contributed by atoms with van der Waals surface area (Å²) in [4.78, 5) is 25.1. The normalized spacial score (nSPS) is 12.0. The van der Waals surface area contributed by atoms with Gasteiger partial charge < -0.3 is 24.9 Å². The van der Waals surface area contributed by atoms with Gasteiger partial charge in [0.2, 0.25) is 0 Å². The number of alkyl carbamates (subject to hydrolysis) is 1. The van der Waals surface area contributed by atoms with Gasteiger partial charge in [-0.25, -0.2) is 14.8 Å². The molecule has 0 fully saturated rings. The molecule has 5 rings (SSSR count). The van der Waals surface area contributed by atoms with E-state index in [0.717, 1.165) is 33.7 Å². The SMILES string of the molecule is O=C(NCCO)OCc1ccc(Nc2nc(-c3ccc4c(c3)CN=C4)cn3ccnc23)cc1. The van der Waals surface area contributed by atoms with Crippen LogP contribution in [0.5, 0.6) is 0 Å². The lowest BCUT2D eigenvalue weighted by Crippen LogP contribution is -2.26. The van der Waals surface area contributed by atoms with Gasteiger partial charge in [-0.3, -0.25) is 4.99 Å². The number of amides is 1. The summed E-state index contributed by atoms with van der Waals surface area (Å²) in [5, 5.41) is 14.5. The van der Waals surface area contributed by atoms with Gasteiger partial charge in [0, 0.05) is 42.6 Å². The minimum absolute atomic E-state index is 0.130. The number of ether oxygens (including phenoxy) is 1. The Morgan fingerprint density at radius 3 is 2.91 bits per heavy atom. The molecule has 3 N–H and O–H groups in total. The molecule has 0 spiro atoms. The zero-order valence-electron chi connectivity index (χ0n) is 17.7. The van der Waals surface area contributed by atoms with Crippen molar-refractivity contribution in [3.8, 4) is 11.3 Å². The number of aromatic nitrogens is 3. The Morgan fingerprint density at radius 1 is 1.18 bits per heavy atom. The van der Waals surface area contributed by atoms with Crippen molar-refractivity contribution in [3.63, 3.8) is 0 Å². The first kappa shape index (κ1) is 20.7. The first-order chi connectivity index (χ1) is 16.2. The number of benzene rings is 2. The van der Waals surface area contributed by atoms with Crippen LogP contribution in [0.25, 0.3) is 16.9 Å². The van der Waals surface area contributed by atoms with E-state index >= 15 is 0 Å². The Morgan fingerprint density at radius 2 is 2.06 bits per heavy atom. The number of nitrogens with zero attached hydrogens (tertiary/aromatic N) is 4. The second kappa shape index (κ2) is 9.09. The van der Waals surface area contributed by atoms with E-state index in [1.54, 1.807) is 6.20 Å². The molecule has 1 aliphatic heterocycles. The zero-order valence-corrected chi connectivity index (χ0v) is 17.7. The van der Waals surface area contributed by atoms with Crippen LogP contribution in [0.3, 0.4) is 0 Å². The average molecular weight is 442 g/mol. The number of hydrogen-bond donors (Lipinski definition) is 3. The van der Waals surface area contributed by atoms with Gasteiger partial charge in [-0.2, -0.15) is 0 Å². The number of aliphatic imine (C=N–C) groups is 1. The van der Waals surface area contributed by atoms with E-state index in [2.05, 4.69) is 38.8 Å². The Bertz CT molecular complexity index is 1330. The highest BCUT2D eigenvalue weighted by Gasteiger charge is 2.13. The summed E-state index contributed by atoms with van der Waals surface area (Å²) in [6.45, 7) is 0.864. The number of imidazole rings is 1. The number of aliphatic hydroxyl groups excluding tert-OH is 1. The van der Waals surface area contributed by atoms with Gasteiger partial charge in [-0.1, -0.05) is 24.3 Å². The van der Waals surface area contributed by atoms with Crippen molar-refractivity contribution in [1.82, 2.24) is 19.7 Å². The van der Waals surface area contributed by atoms with Crippen LogP contribution in [0.4, 0.5) is 16.3 Å². The fourth-order valence-corrected chi connectivity index (χ4v) is 3.60. The molecule has 2 aromatic heterocycles. The van der Waals surface area contributed by atoms with E-state index in [0.29, 0.717) is 12.4 Å². The molecule has 0 aliphatic carbocycles. The molecular weight excluding hydrogens is 420 g/mol. The average Bonchev–Trinajstić information content (AvgIpc) is 3.51. The first-order valence-corrected chi connectivity index (χ1v) is 10.5. The Hall–Kier alpha value is -4.24. The summed E-state index contributed by atoms with van der Waals surface area (Å²) in [6.07, 6.45) is 6.93. The van der Waals surface area contributed by atoms with E-state index in [1.807, 2.05) is 47.3 Å². The van der Waals surface area contributed by atoms with Gasteiger partial charge in [0.1, 0.15) is 6.61 Å². The third-order valence-electron chi connectivity index (χ3n) is 5.27. The lowest BCUT2D eigenvalue weighted by molar-refractivity contribution is 0.137. The summed E-state index contributed by atoms with van der Waals surface area (Å²) in [6, 6.07) is 13.8. The topological polar surface area (TPSA) is 113 Å². The smallest absolute Gasteiger partial charge is 0.407 e. The van der Waals surface area contributed by atoms with Gasteiger partial charge in [-0.15, -0.1) is 0 Å². The minimum Gasteiger partial charge on any atom is -0.445 e. The van der Waals surface area contributed by atoms with E-state index in [-0.39, 0.29) is 19.8 Å². The molecule has 0 saturated heterocycles. The second-order valence-electron chi connectivity index (χ2n) is 7.56. The fourth-order valence-electron chi connectivity index (χ4n) is 3.60. The number of rotatable bonds is 7. The monoisotopic (exact) mass is 442 g/mol. The molecule has 0 bridgehead atoms. The summed E-state index contributed by atoms with van der Waals surface area (Å²) < 4.78 is 7.06. The third-order valence-corrected chi connectivity index (χ3v) is 5.27. The molecule has 3 heterocycles. The molecule has 0 unspecified atom stereocenters. The molecule has 2 aromatic carbocycles. The van der Waals surface area contributed by atoms with Crippen LogP contribution in [-0.4, -0.2) is 44.9 Å². The number of carbonyl (C=O) groups excluding carboxylic acids is 1. The minimum atomic E-state index is -0.563. The molecule has 1 amide bonds. The third kappa shape index (κ3) is 4.53. The molecule has 0 saturated carbocycles. The fraction of sp³-hybridized carbons (Fsp3) is 0.167. The molecular formula is C24H22N6O3. The van der Waals surface area contributed by atoms with Crippen molar-refractivity contribution in [2.45, 2.75) is 13.2 Å². The maximum atomic E-state index is 11.5. The van der Waals surface area contributed by atoms with E-state index in [1.165, 1.54) is 5.56 Å². The number of aliphatic hydroxyl groups is 1. The van der Waals surface area contributed by atoms with E-state index in [9.17, 15) is 4.79 Å². The Kier molecular flexibility index (Phi) is 5.69. The van der Waals surface area contributed by atoms with Crippen molar-refractivity contribution in [2.24, 2.45) is 4.99 Å². The molecule has 4 aromatic rings. The number of carbonyl (C=O) groups is 1. The van der Waals surface area contributed by atoms with Crippen LogP contribution in [0.1, 0.15) is 16.7 Å². The predicted molar refractivity (Wildman–Crippen MR) is 125 cm³/mol. The van der Waals surface area contributed by atoms with Crippen molar-refractivity contribution < 1.29 is 14.6 Å². The lowest BCUT2D eigenvalue weighted by Gasteiger charge is -2.11. The molecule has 166 valence electrons. The van der Waals surface area contributed by atoms with Gasteiger partial charge in [0.15, 0.2) is 11.5 Å². The van der Waals surface area contributed by atoms with Crippen LogP contribution in [-0.2, 0) is 17.9 Å². The molecule has 0 radical (unpaired) electrons. The van der Waals surface area contributed by atoms with Gasteiger partial charge in [0.25, 0.3) is 0 Å². The van der Waals surface area contributed by atoms with Gasteiger partial charge in [0.05, 0.1) is 18.8 Å². The van der Waals surface area contributed by atoms with Crippen molar-refractivity contribution in [2.75, 3.05) is 18.5 Å².